The molecule has 0 aliphatic carbocycles. The van der Waals surface area contributed by atoms with Crippen LogP contribution in [0.5, 0.6) is 5.75 Å². The number of benzene rings is 2. The lowest BCUT2D eigenvalue weighted by Gasteiger charge is -2.35. The Hall–Kier alpha value is -4.33. The van der Waals surface area contributed by atoms with E-state index in [1.54, 1.807) is 43.1 Å². The van der Waals surface area contributed by atoms with Gasteiger partial charge in [0.05, 0.1) is 19.2 Å². The van der Waals surface area contributed by atoms with Gasteiger partial charge in [-0.1, -0.05) is 48.5 Å². The van der Waals surface area contributed by atoms with Gasteiger partial charge in [-0.2, -0.15) is 0 Å². The number of pyridine rings is 1. The Kier molecular flexibility index (Phi) is 4.82. The highest BCUT2D eigenvalue weighted by atomic mass is 16.5. The number of carbonyl (C=O) groups is 2. The monoisotopic (exact) mass is 457 g/mol. The fourth-order valence-corrected chi connectivity index (χ4v) is 4.91. The van der Waals surface area contributed by atoms with E-state index in [0.717, 1.165) is 5.56 Å². The molecule has 8 nitrogen and oxygen atoms in total. The second-order valence-electron chi connectivity index (χ2n) is 8.37. The van der Waals surface area contributed by atoms with E-state index in [4.69, 9.17) is 15.2 Å². The molecule has 3 aromatic rings. The molecule has 2 aliphatic heterocycles. The minimum atomic E-state index is -1.81. The molecule has 2 aliphatic rings. The number of anilines is 1. The quantitative estimate of drug-likeness (QED) is 0.605. The van der Waals surface area contributed by atoms with Gasteiger partial charge in [-0.25, -0.2) is 4.79 Å². The topological polar surface area (TPSA) is 104 Å². The van der Waals surface area contributed by atoms with Crippen molar-refractivity contribution < 1.29 is 19.1 Å². The van der Waals surface area contributed by atoms with E-state index in [1.807, 2.05) is 36.4 Å². The Bertz CT molecular complexity index is 1440. The van der Waals surface area contributed by atoms with E-state index in [9.17, 15) is 14.4 Å². The molecule has 1 amide bonds. The second-order valence-corrected chi connectivity index (χ2v) is 8.37. The molecule has 0 saturated heterocycles. The summed E-state index contributed by atoms with van der Waals surface area (Å²) in [6.45, 7) is 1.99. The predicted octanol–water partition coefficient (Wildman–Crippen LogP) is 2.26. The van der Waals surface area contributed by atoms with Crippen LogP contribution in [0.3, 0.4) is 0 Å². The Morgan fingerprint density at radius 2 is 1.76 bits per heavy atom. The van der Waals surface area contributed by atoms with Crippen LogP contribution in [0.1, 0.15) is 22.4 Å². The van der Waals surface area contributed by atoms with Crippen LogP contribution < -0.4 is 20.9 Å². The van der Waals surface area contributed by atoms with Crippen molar-refractivity contribution in [3.8, 4) is 5.75 Å². The highest BCUT2D eigenvalue weighted by Crippen LogP contribution is 2.54. The van der Waals surface area contributed by atoms with E-state index < -0.39 is 22.9 Å². The summed E-state index contributed by atoms with van der Waals surface area (Å²) in [4.78, 5) is 42.8. The third-order valence-electron chi connectivity index (χ3n) is 6.59. The summed E-state index contributed by atoms with van der Waals surface area (Å²) in [5, 5.41) is 0. The number of esters is 1. The first kappa shape index (κ1) is 21.5. The zero-order chi connectivity index (χ0) is 24.2. The van der Waals surface area contributed by atoms with E-state index in [0.29, 0.717) is 16.9 Å². The van der Waals surface area contributed by atoms with Crippen molar-refractivity contribution in [2.24, 2.45) is 12.8 Å². The van der Waals surface area contributed by atoms with Gasteiger partial charge in [-0.15, -0.1) is 0 Å². The van der Waals surface area contributed by atoms with Crippen molar-refractivity contribution in [2.75, 3.05) is 12.0 Å². The van der Waals surface area contributed by atoms with Crippen molar-refractivity contribution in [3.05, 3.63) is 105 Å². The molecule has 8 heteroatoms. The number of amides is 1. The van der Waals surface area contributed by atoms with E-state index in [2.05, 4.69) is 0 Å². The summed E-state index contributed by atoms with van der Waals surface area (Å²) in [6, 6.07) is 18.2. The molecule has 172 valence electrons. The number of aromatic nitrogens is 1. The largest absolute Gasteiger partial charge is 0.465 e. The van der Waals surface area contributed by atoms with Crippen molar-refractivity contribution in [2.45, 2.75) is 18.9 Å². The molecule has 0 saturated carbocycles. The van der Waals surface area contributed by atoms with Crippen molar-refractivity contribution in [3.63, 3.8) is 0 Å². The number of methoxy groups -OCH3 is 1. The van der Waals surface area contributed by atoms with Gasteiger partial charge in [0.1, 0.15) is 16.7 Å². The molecule has 1 unspecified atom stereocenters. The first-order valence-electron chi connectivity index (χ1n) is 10.7. The van der Waals surface area contributed by atoms with Crippen molar-refractivity contribution in [1.82, 2.24) is 4.57 Å². The van der Waals surface area contributed by atoms with Crippen LogP contribution in [0, 0.1) is 6.92 Å². The van der Waals surface area contributed by atoms with Crippen molar-refractivity contribution in [1.29, 1.82) is 0 Å². The number of fused-ring (bicyclic) bond motifs is 4. The second kappa shape index (κ2) is 7.62. The number of hydrogen-bond donors (Lipinski definition) is 1. The van der Waals surface area contributed by atoms with Gasteiger partial charge in [0.15, 0.2) is 0 Å². The van der Waals surface area contributed by atoms with E-state index in [-0.39, 0.29) is 29.3 Å². The molecule has 0 fully saturated rings. The normalized spacial score (nSPS) is 18.6. The molecule has 0 radical (unpaired) electrons. The van der Waals surface area contributed by atoms with Crippen LogP contribution in [-0.4, -0.2) is 23.6 Å². The van der Waals surface area contributed by atoms with Gasteiger partial charge in [0.25, 0.3) is 5.56 Å². The Balaban J connectivity index is 1.88. The molecule has 2 N–H and O–H groups in total. The maximum absolute atomic E-state index is 14.5. The van der Waals surface area contributed by atoms with E-state index >= 15 is 0 Å². The molecule has 5 rings (SSSR count). The summed E-state index contributed by atoms with van der Waals surface area (Å²) < 4.78 is 12.2. The van der Waals surface area contributed by atoms with E-state index in [1.165, 1.54) is 11.7 Å². The number of nitrogens with two attached hydrogens (primary N) is 1. The lowest BCUT2D eigenvalue weighted by molar-refractivity contribution is -0.138. The van der Waals surface area contributed by atoms with Crippen LogP contribution >= 0.6 is 0 Å². The van der Waals surface area contributed by atoms with Gasteiger partial charge >= 0.3 is 5.97 Å². The fourth-order valence-electron chi connectivity index (χ4n) is 4.91. The zero-order valence-electron chi connectivity index (χ0n) is 19.0. The average Bonchev–Trinajstić information content (AvgIpc) is 3.06. The average molecular weight is 457 g/mol. The fraction of sp³-hybridized carbons (Fsp3) is 0.192. The number of rotatable bonds is 3. The maximum atomic E-state index is 14.5. The van der Waals surface area contributed by atoms with Crippen LogP contribution in [0.15, 0.2) is 76.9 Å². The summed E-state index contributed by atoms with van der Waals surface area (Å²) >= 11 is 0. The number of para-hydroxylation sites is 1. The van der Waals surface area contributed by atoms with Gasteiger partial charge in [0.2, 0.25) is 11.8 Å². The summed E-state index contributed by atoms with van der Waals surface area (Å²) in [5.74, 6) is -1.42. The number of aryl methyl sites for hydroxylation is 1. The number of ether oxygens (including phenoxy) is 2. The minimum Gasteiger partial charge on any atom is -0.465 e. The Morgan fingerprint density at radius 1 is 1.09 bits per heavy atom. The molecular formula is C26H23N3O5. The Morgan fingerprint density at radius 3 is 2.47 bits per heavy atom. The number of hydrogen-bond acceptors (Lipinski definition) is 6. The van der Waals surface area contributed by atoms with Gasteiger partial charge in [0, 0.05) is 30.1 Å². The summed E-state index contributed by atoms with van der Waals surface area (Å²) in [6.07, 6.45) is 0. The third-order valence-corrected chi connectivity index (χ3v) is 6.59. The summed E-state index contributed by atoms with van der Waals surface area (Å²) in [5.41, 5.74) is 6.42. The molecule has 2 aromatic carbocycles. The lowest BCUT2D eigenvalue weighted by atomic mass is 9.68. The molecule has 1 spiro atoms. The molecule has 1 aromatic heterocycles. The molecule has 1 atom stereocenters. The van der Waals surface area contributed by atoms with Crippen LogP contribution in [0.4, 0.5) is 5.69 Å². The lowest BCUT2D eigenvalue weighted by Crippen LogP contribution is -2.51. The zero-order valence-corrected chi connectivity index (χ0v) is 19.0. The smallest absolute Gasteiger partial charge is 0.340 e. The Labute approximate surface area is 195 Å². The van der Waals surface area contributed by atoms with Crippen LogP contribution in [0.25, 0.3) is 0 Å². The van der Waals surface area contributed by atoms with Crippen LogP contribution in [-0.2, 0) is 33.3 Å². The third kappa shape index (κ3) is 2.75. The summed E-state index contributed by atoms with van der Waals surface area (Å²) in [7, 11) is 2.81. The molecule has 34 heavy (non-hydrogen) atoms. The first-order valence-corrected chi connectivity index (χ1v) is 10.7. The van der Waals surface area contributed by atoms with Gasteiger partial charge in [-0.3, -0.25) is 9.59 Å². The molecule has 3 heterocycles. The standard InChI is InChI=1S/C26H23N3O5/c1-15-13-19-20(23(30)28(15)2)26(21(22(27)34-19)24(31)33-3)17-11-7-8-12-18(17)29(25(26)32)14-16-9-5-4-6-10-16/h4-13H,14,27H2,1-3H3. The number of carbonyl (C=O) groups excluding carboxylic acids is 2. The predicted molar refractivity (Wildman–Crippen MR) is 125 cm³/mol. The highest BCUT2D eigenvalue weighted by molar-refractivity contribution is 6.18. The highest BCUT2D eigenvalue weighted by Gasteiger charge is 2.62. The van der Waals surface area contributed by atoms with Gasteiger partial charge < -0.3 is 24.7 Å². The number of nitrogens with zero attached hydrogens (tertiary/aromatic N) is 2. The molecular weight excluding hydrogens is 434 g/mol. The SMILES string of the molecule is COC(=O)C1=C(N)Oc2cc(C)n(C)c(=O)c2C12C(=O)N(Cc1ccccc1)c1ccccc12. The maximum Gasteiger partial charge on any atom is 0.340 e. The van der Waals surface area contributed by atoms with Crippen LogP contribution in [0.2, 0.25) is 0 Å². The first-order chi connectivity index (χ1) is 16.3. The van der Waals surface area contributed by atoms with Crippen molar-refractivity contribution >= 4 is 17.6 Å². The van der Waals surface area contributed by atoms with Gasteiger partial charge in [-0.05, 0) is 18.6 Å². The molecule has 0 bridgehead atoms. The minimum absolute atomic E-state index is 0.0446.